The van der Waals surface area contributed by atoms with Gasteiger partial charge in [0.15, 0.2) is 17.5 Å². The van der Waals surface area contributed by atoms with Crippen molar-refractivity contribution in [2.75, 3.05) is 0 Å². The molecule has 10 aromatic rings. The highest BCUT2D eigenvalue weighted by Crippen LogP contribution is 2.38. The van der Waals surface area contributed by atoms with Crippen LogP contribution in [-0.2, 0) is 0 Å². The summed E-state index contributed by atoms with van der Waals surface area (Å²) in [5.41, 5.74) is 6.69. The minimum atomic E-state index is 0.613. The fourth-order valence-electron chi connectivity index (χ4n) is 7.29. The van der Waals surface area contributed by atoms with Crippen LogP contribution in [0, 0.1) is 6.92 Å². The van der Waals surface area contributed by atoms with Gasteiger partial charge in [0.2, 0.25) is 0 Å². The third-order valence-corrected chi connectivity index (χ3v) is 9.74. The molecule has 0 atom stereocenters. The Morgan fingerprint density at radius 3 is 1.48 bits per heavy atom. The molecule has 0 N–H and O–H groups in total. The van der Waals surface area contributed by atoms with Crippen LogP contribution >= 0.6 is 0 Å². The molecule has 0 amide bonds. The van der Waals surface area contributed by atoms with Gasteiger partial charge in [0, 0.05) is 34.1 Å². The number of rotatable bonds is 4. The fraction of sp³-hybridized carbons (Fsp3) is 0.0227. The third-order valence-electron chi connectivity index (χ3n) is 9.74. The van der Waals surface area contributed by atoms with Crippen molar-refractivity contribution in [1.82, 2.24) is 29.3 Å². The Kier molecular flexibility index (Phi) is 6.29. The van der Waals surface area contributed by atoms with Crippen LogP contribution in [0.15, 0.2) is 152 Å². The Labute approximate surface area is 287 Å². The van der Waals surface area contributed by atoms with Crippen LogP contribution in [0.25, 0.3) is 94.2 Å². The smallest absolute Gasteiger partial charge is 0.164 e. The molecule has 6 heteroatoms. The molecule has 0 saturated heterocycles. The summed E-state index contributed by atoms with van der Waals surface area (Å²) in [6.07, 6.45) is 3.57. The number of hydrogen-bond acceptors (Lipinski definition) is 5. The van der Waals surface area contributed by atoms with Gasteiger partial charge in [-0.25, -0.2) is 24.9 Å². The summed E-state index contributed by atoms with van der Waals surface area (Å²) >= 11 is 0. The van der Waals surface area contributed by atoms with Gasteiger partial charge in [0.25, 0.3) is 0 Å². The predicted octanol–water partition coefficient (Wildman–Crippen LogP) is 10.5. The van der Waals surface area contributed by atoms with Crippen LogP contribution in [-0.4, -0.2) is 29.3 Å². The summed E-state index contributed by atoms with van der Waals surface area (Å²) in [6, 6.07) is 48.7. The van der Waals surface area contributed by atoms with E-state index in [9.17, 15) is 0 Å². The van der Waals surface area contributed by atoms with E-state index >= 15 is 0 Å². The van der Waals surface area contributed by atoms with Gasteiger partial charge >= 0.3 is 0 Å². The van der Waals surface area contributed by atoms with Gasteiger partial charge in [0.1, 0.15) is 12.0 Å². The molecule has 0 unspecified atom stereocenters. The Balaban J connectivity index is 1.22. The monoisotopic (exact) mass is 640 g/mol. The number of imidazole rings is 1. The van der Waals surface area contributed by atoms with E-state index in [-0.39, 0.29) is 0 Å². The summed E-state index contributed by atoms with van der Waals surface area (Å²) in [5, 5.41) is 9.23. The first-order valence-corrected chi connectivity index (χ1v) is 16.7. The maximum absolute atomic E-state index is 5.27. The van der Waals surface area contributed by atoms with Crippen molar-refractivity contribution in [3.8, 4) is 45.4 Å². The first-order valence-electron chi connectivity index (χ1n) is 16.7. The highest BCUT2D eigenvalue weighted by Gasteiger charge is 2.19. The van der Waals surface area contributed by atoms with Gasteiger partial charge in [-0.15, -0.1) is 0 Å². The fourth-order valence-corrected chi connectivity index (χ4v) is 7.29. The van der Waals surface area contributed by atoms with Crippen molar-refractivity contribution >= 4 is 48.7 Å². The molecule has 0 radical (unpaired) electrons. The number of nitrogens with zero attached hydrogens (tertiary/aromatic N) is 6. The first kappa shape index (κ1) is 28.2. The van der Waals surface area contributed by atoms with Gasteiger partial charge in [-0.3, -0.25) is 4.40 Å². The minimum absolute atomic E-state index is 0.613. The summed E-state index contributed by atoms with van der Waals surface area (Å²) in [6.45, 7) is 2.07. The zero-order chi connectivity index (χ0) is 33.2. The minimum Gasteiger partial charge on any atom is -0.287 e. The van der Waals surface area contributed by atoms with Gasteiger partial charge in [0.05, 0.1) is 5.69 Å². The molecule has 0 fully saturated rings. The molecule has 0 aliphatic rings. The molecule has 50 heavy (non-hydrogen) atoms. The average Bonchev–Trinajstić information content (AvgIpc) is 3.53. The lowest BCUT2D eigenvalue weighted by molar-refractivity contribution is 1.04. The standard InChI is InChI=1S/C44H28N6/c1-27-41(46-40-22-23-45-26-50(27)40)28-18-20-29(21-19-28)42-47-43(38-24-30-10-2-4-12-32(30)34-14-6-8-16-36(34)38)49-44(48-42)39-25-31-11-3-5-13-33(31)35-15-7-9-17-37(35)39/h2-26H,1H3. The second-order valence-electron chi connectivity index (χ2n) is 12.6. The van der Waals surface area contributed by atoms with E-state index in [0.29, 0.717) is 17.5 Å². The maximum atomic E-state index is 5.27. The number of aryl methyl sites for hydroxylation is 1. The molecule has 0 aliphatic carbocycles. The van der Waals surface area contributed by atoms with Crippen molar-refractivity contribution in [3.05, 3.63) is 158 Å². The predicted molar refractivity (Wildman–Crippen MR) is 203 cm³/mol. The van der Waals surface area contributed by atoms with E-state index in [1.54, 1.807) is 12.5 Å². The zero-order valence-electron chi connectivity index (χ0n) is 27.1. The summed E-state index contributed by atoms with van der Waals surface area (Å²) in [4.78, 5) is 24.8. The number of aromatic nitrogens is 6. The molecule has 234 valence electrons. The Hall–Kier alpha value is -6.79. The van der Waals surface area contributed by atoms with Crippen LogP contribution < -0.4 is 0 Å². The van der Waals surface area contributed by atoms with E-state index in [1.165, 1.54) is 21.5 Å². The second kappa shape index (κ2) is 11.1. The van der Waals surface area contributed by atoms with E-state index in [4.69, 9.17) is 19.9 Å². The highest BCUT2D eigenvalue weighted by atomic mass is 15.1. The SMILES string of the molecule is Cc1c(-c2ccc(-c3nc(-c4cc5ccccc5c5ccccc45)nc(-c4cc5ccccc5c5ccccc45)n3)cc2)nc2ccncn12. The topological polar surface area (TPSA) is 68.9 Å². The quantitative estimate of drug-likeness (QED) is 0.179. The molecular formula is C44H28N6. The van der Waals surface area contributed by atoms with E-state index in [0.717, 1.165) is 60.8 Å². The highest BCUT2D eigenvalue weighted by molar-refractivity contribution is 6.14. The van der Waals surface area contributed by atoms with Crippen LogP contribution in [0.3, 0.4) is 0 Å². The Morgan fingerprint density at radius 1 is 0.440 bits per heavy atom. The van der Waals surface area contributed by atoms with Crippen LogP contribution in [0.4, 0.5) is 0 Å². The third kappa shape index (κ3) is 4.46. The van der Waals surface area contributed by atoms with Gasteiger partial charge < -0.3 is 0 Å². The maximum Gasteiger partial charge on any atom is 0.164 e. The normalized spacial score (nSPS) is 11.7. The number of hydrogen-bond donors (Lipinski definition) is 0. The molecule has 3 aromatic heterocycles. The van der Waals surface area contributed by atoms with Crippen molar-refractivity contribution < 1.29 is 0 Å². The van der Waals surface area contributed by atoms with Gasteiger partial charge in [-0.1, -0.05) is 121 Å². The summed E-state index contributed by atoms with van der Waals surface area (Å²) in [5.74, 6) is 1.89. The lowest BCUT2D eigenvalue weighted by atomic mass is 9.96. The molecular weight excluding hydrogens is 613 g/mol. The Bertz CT molecular complexity index is 2810. The summed E-state index contributed by atoms with van der Waals surface area (Å²) in [7, 11) is 0. The van der Waals surface area contributed by atoms with Crippen molar-refractivity contribution in [1.29, 1.82) is 0 Å². The van der Waals surface area contributed by atoms with Crippen LogP contribution in [0.5, 0.6) is 0 Å². The molecule has 0 bridgehead atoms. The molecule has 6 nitrogen and oxygen atoms in total. The van der Waals surface area contributed by atoms with Crippen molar-refractivity contribution in [2.45, 2.75) is 6.92 Å². The van der Waals surface area contributed by atoms with E-state index in [2.05, 4.69) is 145 Å². The van der Waals surface area contributed by atoms with E-state index in [1.807, 2.05) is 10.5 Å². The Morgan fingerprint density at radius 2 is 0.920 bits per heavy atom. The molecule has 0 saturated carbocycles. The lowest BCUT2D eigenvalue weighted by Gasteiger charge is -2.14. The van der Waals surface area contributed by atoms with Gasteiger partial charge in [-0.05, 0) is 68.2 Å². The van der Waals surface area contributed by atoms with Crippen LogP contribution in [0.1, 0.15) is 5.69 Å². The lowest BCUT2D eigenvalue weighted by Crippen LogP contribution is -2.01. The average molecular weight is 641 g/mol. The first-order chi connectivity index (χ1) is 24.7. The molecule has 7 aromatic carbocycles. The van der Waals surface area contributed by atoms with Crippen LogP contribution in [0.2, 0.25) is 0 Å². The van der Waals surface area contributed by atoms with Crippen molar-refractivity contribution in [2.24, 2.45) is 0 Å². The zero-order valence-corrected chi connectivity index (χ0v) is 27.1. The molecule has 0 aliphatic heterocycles. The number of fused-ring (bicyclic) bond motifs is 7. The second-order valence-corrected chi connectivity index (χ2v) is 12.6. The number of benzene rings is 7. The van der Waals surface area contributed by atoms with E-state index < -0.39 is 0 Å². The van der Waals surface area contributed by atoms with Gasteiger partial charge in [-0.2, -0.15) is 0 Å². The largest absolute Gasteiger partial charge is 0.287 e. The van der Waals surface area contributed by atoms with Crippen molar-refractivity contribution in [3.63, 3.8) is 0 Å². The molecule has 0 spiro atoms. The molecule has 10 rings (SSSR count). The summed E-state index contributed by atoms with van der Waals surface area (Å²) < 4.78 is 2.01. The molecule has 3 heterocycles.